The summed E-state index contributed by atoms with van der Waals surface area (Å²) in [6.45, 7) is 11.1. The molecule has 0 radical (unpaired) electrons. The largest absolute Gasteiger partial charge is 0.313 e. The van der Waals surface area contributed by atoms with Crippen LogP contribution >= 0.6 is 0 Å². The summed E-state index contributed by atoms with van der Waals surface area (Å²) in [6.07, 6.45) is 6.85. The minimum atomic E-state index is 0.864. The highest BCUT2D eigenvalue weighted by Crippen LogP contribution is 2.10. The summed E-state index contributed by atoms with van der Waals surface area (Å²) >= 11 is 0. The van der Waals surface area contributed by atoms with E-state index in [0.717, 1.165) is 19.0 Å². The van der Waals surface area contributed by atoms with E-state index in [9.17, 15) is 0 Å². The highest BCUT2D eigenvalue weighted by atomic mass is 14.8. The minimum Gasteiger partial charge on any atom is -0.313 e. The maximum atomic E-state index is 3.55. The fraction of sp³-hybridized carbons (Fsp3) is 0.667. The van der Waals surface area contributed by atoms with Gasteiger partial charge in [0.1, 0.15) is 0 Å². The van der Waals surface area contributed by atoms with Gasteiger partial charge in [-0.3, -0.25) is 0 Å². The smallest absolute Gasteiger partial charge is 0.0205 e. The summed E-state index contributed by atoms with van der Waals surface area (Å²) in [4.78, 5) is 0. The van der Waals surface area contributed by atoms with E-state index in [-0.39, 0.29) is 0 Å². The van der Waals surface area contributed by atoms with Gasteiger partial charge in [0.25, 0.3) is 0 Å². The molecule has 0 saturated carbocycles. The van der Waals surface area contributed by atoms with Crippen molar-refractivity contribution in [2.45, 2.75) is 66.3 Å². The van der Waals surface area contributed by atoms with Crippen LogP contribution in [0.25, 0.3) is 0 Å². The topological polar surface area (TPSA) is 12.0 Å². The quantitative estimate of drug-likeness (QED) is 0.617. The van der Waals surface area contributed by atoms with Crippen molar-refractivity contribution >= 4 is 0 Å². The van der Waals surface area contributed by atoms with Crippen LogP contribution in [0.1, 0.15) is 62.6 Å². The second-order valence-electron chi connectivity index (χ2n) is 6.19. The van der Waals surface area contributed by atoms with E-state index in [4.69, 9.17) is 0 Å². The van der Waals surface area contributed by atoms with Gasteiger partial charge in [-0.1, -0.05) is 57.7 Å². The molecular formula is C18H31N. The minimum absolute atomic E-state index is 0.864. The fourth-order valence-corrected chi connectivity index (χ4v) is 2.30. The maximum absolute atomic E-state index is 3.55. The molecule has 0 aliphatic rings. The Labute approximate surface area is 119 Å². The van der Waals surface area contributed by atoms with E-state index in [1.807, 2.05) is 0 Å². The molecule has 108 valence electrons. The van der Waals surface area contributed by atoms with Crippen molar-refractivity contribution in [1.29, 1.82) is 0 Å². The average molecular weight is 261 g/mol. The lowest BCUT2D eigenvalue weighted by Crippen LogP contribution is -2.14. The molecule has 0 amide bonds. The molecule has 1 rings (SSSR count). The van der Waals surface area contributed by atoms with Crippen LogP contribution in [-0.4, -0.2) is 6.54 Å². The van der Waals surface area contributed by atoms with Crippen LogP contribution in [0.2, 0.25) is 0 Å². The third-order valence-corrected chi connectivity index (χ3v) is 3.79. The Hall–Kier alpha value is -0.820. The highest BCUT2D eigenvalue weighted by molar-refractivity contribution is 5.29. The van der Waals surface area contributed by atoms with Crippen LogP contribution in [0.5, 0.6) is 0 Å². The van der Waals surface area contributed by atoms with Gasteiger partial charge in [-0.25, -0.2) is 0 Å². The van der Waals surface area contributed by atoms with Gasteiger partial charge < -0.3 is 5.32 Å². The van der Waals surface area contributed by atoms with Crippen LogP contribution in [0, 0.1) is 19.8 Å². The van der Waals surface area contributed by atoms with Gasteiger partial charge in [0.2, 0.25) is 0 Å². The molecule has 0 aromatic heterocycles. The lowest BCUT2D eigenvalue weighted by atomic mass is 10.0. The van der Waals surface area contributed by atoms with Gasteiger partial charge in [0, 0.05) is 6.54 Å². The van der Waals surface area contributed by atoms with Gasteiger partial charge in [-0.2, -0.15) is 0 Å². The Balaban J connectivity index is 2.03. The monoisotopic (exact) mass is 261 g/mol. The molecule has 1 aromatic carbocycles. The lowest BCUT2D eigenvalue weighted by molar-refractivity contribution is 0.512. The number of rotatable bonds is 9. The zero-order valence-electron chi connectivity index (χ0n) is 13.3. The van der Waals surface area contributed by atoms with Crippen LogP contribution in [-0.2, 0) is 6.54 Å². The van der Waals surface area contributed by atoms with Crippen molar-refractivity contribution in [3.63, 3.8) is 0 Å². The molecule has 0 aliphatic carbocycles. The van der Waals surface area contributed by atoms with Gasteiger partial charge >= 0.3 is 0 Å². The molecule has 0 fully saturated rings. The first-order valence-corrected chi connectivity index (χ1v) is 7.86. The third-order valence-electron chi connectivity index (χ3n) is 3.79. The molecule has 1 heteroatoms. The van der Waals surface area contributed by atoms with E-state index in [0.29, 0.717) is 0 Å². The Kier molecular flexibility index (Phi) is 7.81. The van der Waals surface area contributed by atoms with E-state index in [2.05, 4.69) is 51.2 Å². The fourth-order valence-electron chi connectivity index (χ4n) is 2.30. The third kappa shape index (κ3) is 7.37. The zero-order valence-corrected chi connectivity index (χ0v) is 13.3. The Morgan fingerprint density at radius 1 is 0.947 bits per heavy atom. The Bertz CT molecular complexity index is 355. The van der Waals surface area contributed by atoms with Gasteiger partial charge in [0.05, 0.1) is 0 Å². The lowest BCUT2D eigenvalue weighted by Gasteiger charge is -2.08. The van der Waals surface area contributed by atoms with E-state index < -0.39 is 0 Å². The second-order valence-corrected chi connectivity index (χ2v) is 6.19. The zero-order chi connectivity index (χ0) is 14.1. The molecular weight excluding hydrogens is 230 g/mol. The van der Waals surface area contributed by atoms with Crippen molar-refractivity contribution in [3.05, 3.63) is 34.9 Å². The second kappa shape index (κ2) is 9.14. The van der Waals surface area contributed by atoms with Crippen molar-refractivity contribution in [1.82, 2.24) is 5.32 Å². The summed E-state index contributed by atoms with van der Waals surface area (Å²) < 4.78 is 0. The molecule has 1 nitrogen and oxygen atoms in total. The van der Waals surface area contributed by atoms with E-state index in [1.54, 1.807) is 0 Å². The Morgan fingerprint density at radius 3 is 2.37 bits per heavy atom. The number of unbranched alkanes of at least 4 members (excludes halogenated alkanes) is 3. The molecule has 0 heterocycles. The number of aryl methyl sites for hydroxylation is 2. The SMILES string of the molecule is Cc1ccc(CNCCCCCCC(C)C)cc1C. The molecule has 0 bridgehead atoms. The van der Waals surface area contributed by atoms with Crippen LogP contribution in [0.4, 0.5) is 0 Å². The molecule has 1 N–H and O–H groups in total. The Morgan fingerprint density at radius 2 is 1.68 bits per heavy atom. The number of hydrogen-bond acceptors (Lipinski definition) is 1. The predicted molar refractivity (Wildman–Crippen MR) is 85.5 cm³/mol. The normalized spacial score (nSPS) is 11.2. The van der Waals surface area contributed by atoms with Crippen molar-refractivity contribution in [3.8, 4) is 0 Å². The summed E-state index contributed by atoms with van der Waals surface area (Å²) in [7, 11) is 0. The number of hydrogen-bond donors (Lipinski definition) is 1. The molecule has 1 aromatic rings. The van der Waals surface area contributed by atoms with Gasteiger partial charge in [-0.15, -0.1) is 0 Å². The number of benzene rings is 1. The molecule has 0 atom stereocenters. The van der Waals surface area contributed by atoms with Gasteiger partial charge in [0.15, 0.2) is 0 Å². The first-order valence-electron chi connectivity index (χ1n) is 7.86. The molecule has 0 saturated heterocycles. The summed E-state index contributed by atoms with van der Waals surface area (Å²) in [5, 5.41) is 3.55. The van der Waals surface area contributed by atoms with E-state index >= 15 is 0 Å². The standard InChI is InChI=1S/C18H31N/c1-15(2)9-7-5-6-8-12-19-14-18-11-10-16(3)17(4)13-18/h10-11,13,15,19H,5-9,12,14H2,1-4H3. The summed E-state index contributed by atoms with van der Waals surface area (Å²) in [6, 6.07) is 6.75. The van der Waals surface area contributed by atoms with E-state index in [1.165, 1.54) is 48.8 Å². The molecule has 0 aliphatic heterocycles. The first-order chi connectivity index (χ1) is 9.09. The first kappa shape index (κ1) is 16.2. The number of nitrogens with one attached hydrogen (secondary N) is 1. The van der Waals surface area contributed by atoms with Crippen LogP contribution in [0.15, 0.2) is 18.2 Å². The maximum Gasteiger partial charge on any atom is 0.0205 e. The van der Waals surface area contributed by atoms with Crippen molar-refractivity contribution in [2.75, 3.05) is 6.54 Å². The van der Waals surface area contributed by atoms with Crippen LogP contribution in [0.3, 0.4) is 0 Å². The predicted octanol–water partition coefficient (Wildman–Crippen LogP) is 5.00. The summed E-state index contributed by atoms with van der Waals surface area (Å²) in [5.41, 5.74) is 4.18. The van der Waals surface area contributed by atoms with Gasteiger partial charge in [-0.05, 0) is 49.4 Å². The average Bonchev–Trinajstić information content (AvgIpc) is 2.36. The van der Waals surface area contributed by atoms with Crippen molar-refractivity contribution in [2.24, 2.45) is 5.92 Å². The molecule has 0 spiro atoms. The highest BCUT2D eigenvalue weighted by Gasteiger charge is 1.97. The van der Waals surface area contributed by atoms with Crippen molar-refractivity contribution < 1.29 is 0 Å². The molecule has 19 heavy (non-hydrogen) atoms. The summed E-state index contributed by atoms with van der Waals surface area (Å²) in [5.74, 6) is 0.864. The molecule has 0 unspecified atom stereocenters. The van der Waals surface area contributed by atoms with Crippen LogP contribution < -0.4 is 5.32 Å².